The molecule has 0 saturated heterocycles. The molecule has 0 bridgehead atoms. The molecule has 0 saturated carbocycles. The highest BCUT2D eigenvalue weighted by molar-refractivity contribution is 7.15. The van der Waals surface area contributed by atoms with E-state index in [2.05, 4.69) is 16.0 Å². The van der Waals surface area contributed by atoms with E-state index in [1.54, 1.807) is 4.40 Å². The Morgan fingerprint density at radius 2 is 1.92 bits per heavy atom. The summed E-state index contributed by atoms with van der Waals surface area (Å²) in [6.45, 7) is 2.01. The van der Waals surface area contributed by atoms with Crippen molar-refractivity contribution in [3.63, 3.8) is 0 Å². The number of aromatic nitrogens is 2. The molecule has 0 amide bonds. The zero-order valence-electron chi connectivity index (χ0n) is 12.9. The highest BCUT2D eigenvalue weighted by Crippen LogP contribution is 2.36. The lowest BCUT2D eigenvalue weighted by Crippen LogP contribution is -2.24. The van der Waals surface area contributed by atoms with Crippen molar-refractivity contribution in [2.24, 2.45) is 4.99 Å². The topological polar surface area (TPSA) is 46.7 Å². The third-order valence-electron chi connectivity index (χ3n) is 4.48. The molecule has 0 N–H and O–H groups in total. The van der Waals surface area contributed by atoms with Gasteiger partial charge in [0.25, 0.3) is 5.56 Å². The van der Waals surface area contributed by atoms with E-state index in [4.69, 9.17) is 0 Å². The number of hydrogen-bond donors (Lipinski definition) is 0. The second-order valence-electron chi connectivity index (χ2n) is 5.95. The van der Waals surface area contributed by atoms with Crippen LogP contribution in [0, 0.1) is 0 Å². The first kappa shape index (κ1) is 13.6. The van der Waals surface area contributed by atoms with Crippen molar-refractivity contribution in [3.05, 3.63) is 69.0 Å². The fourth-order valence-electron chi connectivity index (χ4n) is 3.32. The minimum absolute atomic E-state index is 0.000816. The summed E-state index contributed by atoms with van der Waals surface area (Å²) < 4.78 is 2.43. The summed E-state index contributed by atoms with van der Waals surface area (Å²) in [6.07, 6.45) is 2.03. The molecule has 5 rings (SSSR count). The molecule has 1 aliphatic rings. The lowest BCUT2D eigenvalue weighted by molar-refractivity contribution is 1.17. The molecule has 0 radical (unpaired) electrons. The number of aliphatic imine (C=N–C) groups is 1. The van der Waals surface area contributed by atoms with Gasteiger partial charge in [-0.25, -0.2) is 9.38 Å². The molecule has 0 fully saturated rings. The number of imidazole rings is 1. The van der Waals surface area contributed by atoms with E-state index < -0.39 is 0 Å². The molecule has 4 aromatic rings. The summed E-state index contributed by atoms with van der Waals surface area (Å²) in [4.78, 5) is 22.8. The van der Waals surface area contributed by atoms with Gasteiger partial charge in [0.1, 0.15) is 0 Å². The fourth-order valence-corrected chi connectivity index (χ4v) is 4.32. The summed E-state index contributed by atoms with van der Waals surface area (Å²) >= 11 is 1.44. The highest BCUT2D eigenvalue weighted by Gasteiger charge is 2.22. The molecule has 1 aliphatic heterocycles. The van der Waals surface area contributed by atoms with Crippen molar-refractivity contribution in [2.75, 3.05) is 0 Å². The van der Waals surface area contributed by atoms with E-state index >= 15 is 0 Å². The summed E-state index contributed by atoms with van der Waals surface area (Å²) in [6, 6.07) is 15.8. The smallest absolute Gasteiger partial charge is 0.267 e. The quantitative estimate of drug-likeness (QED) is 0.537. The lowest BCUT2D eigenvalue weighted by Gasteiger charge is -2.05. The van der Waals surface area contributed by atoms with Gasteiger partial charge in [0, 0.05) is 11.6 Å². The van der Waals surface area contributed by atoms with Gasteiger partial charge in [0.2, 0.25) is 0 Å². The van der Waals surface area contributed by atoms with Crippen LogP contribution < -0.4 is 10.1 Å². The molecule has 0 spiro atoms. The number of thiazole rings is 1. The van der Waals surface area contributed by atoms with Gasteiger partial charge in [-0.05, 0) is 36.8 Å². The van der Waals surface area contributed by atoms with Crippen molar-refractivity contribution >= 4 is 44.8 Å². The first-order valence-corrected chi connectivity index (χ1v) is 8.60. The normalized spacial score (nSPS) is 17.6. The minimum Gasteiger partial charge on any atom is -0.267 e. The Hall–Kier alpha value is -2.79. The second kappa shape index (κ2) is 4.85. The molecular weight excluding hydrogens is 318 g/mol. The van der Waals surface area contributed by atoms with Gasteiger partial charge in [-0.3, -0.25) is 9.79 Å². The number of benzene rings is 2. The Morgan fingerprint density at radius 3 is 2.83 bits per heavy atom. The largest absolute Gasteiger partial charge is 0.274 e. The van der Waals surface area contributed by atoms with Crippen LogP contribution in [0.2, 0.25) is 0 Å². The van der Waals surface area contributed by atoms with Crippen molar-refractivity contribution in [2.45, 2.75) is 12.8 Å². The van der Waals surface area contributed by atoms with Crippen LogP contribution in [0.3, 0.4) is 0 Å². The first-order chi connectivity index (χ1) is 11.7. The van der Waals surface area contributed by atoms with Crippen LogP contribution in [-0.2, 0) is 0 Å². The fraction of sp³-hybridized carbons (Fsp3) is 0.105. The zero-order valence-corrected chi connectivity index (χ0v) is 13.7. The van der Waals surface area contributed by atoms with Crippen LogP contribution in [0.5, 0.6) is 0 Å². The molecule has 2 aromatic carbocycles. The molecule has 3 heterocycles. The van der Waals surface area contributed by atoms with Crippen molar-refractivity contribution in [1.82, 2.24) is 9.38 Å². The van der Waals surface area contributed by atoms with E-state index in [0.717, 1.165) is 37.5 Å². The van der Waals surface area contributed by atoms with Crippen molar-refractivity contribution < 1.29 is 0 Å². The van der Waals surface area contributed by atoms with Gasteiger partial charge in [-0.1, -0.05) is 41.7 Å². The molecule has 24 heavy (non-hydrogen) atoms. The van der Waals surface area contributed by atoms with Gasteiger partial charge < -0.3 is 0 Å². The maximum atomic E-state index is 12.9. The van der Waals surface area contributed by atoms with Crippen LogP contribution in [0.1, 0.15) is 18.4 Å². The first-order valence-electron chi connectivity index (χ1n) is 7.78. The van der Waals surface area contributed by atoms with E-state index in [-0.39, 0.29) is 11.5 Å². The Morgan fingerprint density at radius 1 is 1.12 bits per heavy atom. The molecule has 2 aromatic heterocycles. The van der Waals surface area contributed by atoms with E-state index in [9.17, 15) is 4.79 Å². The van der Waals surface area contributed by atoms with Crippen LogP contribution in [-0.4, -0.2) is 15.1 Å². The van der Waals surface area contributed by atoms with E-state index in [0.29, 0.717) is 0 Å². The van der Waals surface area contributed by atoms with E-state index in [1.165, 1.54) is 11.3 Å². The Bertz CT molecular complexity index is 1250. The van der Waals surface area contributed by atoms with Gasteiger partial charge in [0.05, 0.1) is 21.3 Å². The van der Waals surface area contributed by atoms with Crippen LogP contribution in [0.15, 0.2) is 58.3 Å². The Balaban J connectivity index is 1.76. The zero-order chi connectivity index (χ0) is 16.3. The maximum absolute atomic E-state index is 12.9. The molecule has 4 nitrogen and oxygen atoms in total. The SMILES string of the molecule is CC1=Nc2ccccc2[C@@H]1/C=c1/sc2nc3ccccc3n2c1=O. The number of hydrogen-bond acceptors (Lipinski definition) is 4. The molecule has 0 unspecified atom stereocenters. The second-order valence-corrected chi connectivity index (χ2v) is 6.96. The molecular formula is C19H13N3OS. The number of nitrogens with zero attached hydrogens (tertiary/aromatic N) is 3. The predicted octanol–water partition coefficient (Wildman–Crippen LogP) is 3.30. The van der Waals surface area contributed by atoms with Gasteiger partial charge in [-0.15, -0.1) is 0 Å². The standard InChI is InChI=1S/C19H13N3OS/c1-11-13(12-6-2-3-7-14(12)20-11)10-17-18(23)22-16-9-5-4-8-15(16)21-19(22)24-17/h2-10,13H,1H3/b17-10+/t13-/m1/s1. The summed E-state index contributed by atoms with van der Waals surface area (Å²) in [5.74, 6) is 0.0588. The summed E-state index contributed by atoms with van der Waals surface area (Å²) in [7, 11) is 0. The predicted molar refractivity (Wildman–Crippen MR) is 98.5 cm³/mol. The highest BCUT2D eigenvalue weighted by atomic mass is 32.1. The number of rotatable bonds is 1. The van der Waals surface area contributed by atoms with Crippen LogP contribution in [0.4, 0.5) is 5.69 Å². The van der Waals surface area contributed by atoms with Gasteiger partial charge in [-0.2, -0.15) is 0 Å². The lowest BCUT2D eigenvalue weighted by atomic mass is 9.96. The Kier molecular flexibility index (Phi) is 2.76. The van der Waals surface area contributed by atoms with Crippen LogP contribution in [0.25, 0.3) is 22.1 Å². The molecule has 5 heteroatoms. The number of fused-ring (bicyclic) bond motifs is 4. The van der Waals surface area contributed by atoms with Crippen LogP contribution >= 0.6 is 11.3 Å². The Labute approximate surface area is 141 Å². The summed E-state index contributed by atoms with van der Waals surface area (Å²) in [5, 5.41) is 0. The molecule has 1 atom stereocenters. The summed E-state index contributed by atoms with van der Waals surface area (Å²) in [5.41, 5.74) is 4.90. The molecule has 116 valence electrons. The monoisotopic (exact) mass is 331 g/mol. The third-order valence-corrected chi connectivity index (χ3v) is 5.47. The number of para-hydroxylation sites is 3. The average molecular weight is 331 g/mol. The van der Waals surface area contributed by atoms with Crippen molar-refractivity contribution in [1.29, 1.82) is 0 Å². The third kappa shape index (κ3) is 1.82. The van der Waals surface area contributed by atoms with Gasteiger partial charge in [0.15, 0.2) is 4.96 Å². The maximum Gasteiger partial charge on any atom is 0.274 e. The average Bonchev–Trinajstić information content (AvgIpc) is 3.20. The molecule has 0 aliphatic carbocycles. The van der Waals surface area contributed by atoms with E-state index in [1.807, 2.05) is 55.5 Å². The minimum atomic E-state index is 0.000816. The van der Waals surface area contributed by atoms with Crippen molar-refractivity contribution in [3.8, 4) is 0 Å². The van der Waals surface area contributed by atoms with Gasteiger partial charge >= 0.3 is 0 Å².